The number of imidazole rings is 1. The first-order valence-electron chi connectivity index (χ1n) is 12.4. The molecule has 39 heavy (non-hydrogen) atoms. The van der Waals surface area contributed by atoms with Crippen molar-refractivity contribution in [2.75, 3.05) is 56.2 Å². The second-order valence-corrected chi connectivity index (χ2v) is 9.94. The summed E-state index contributed by atoms with van der Waals surface area (Å²) in [4.78, 5) is 43.7. The Morgan fingerprint density at radius 2 is 1.95 bits per heavy atom. The normalized spacial score (nSPS) is 16.1. The SMILES string of the molecule is CN1CCN(c2cc(N3CCOCC3)cn3c(=O)c(O)c(-c4ncc(Cc5ccc(F)c(Cl)c5)[nH]4)nc23)C1=O. The number of halogens is 2. The lowest BCUT2D eigenvalue weighted by molar-refractivity contribution is 0.122. The van der Waals surface area contributed by atoms with Crippen molar-refractivity contribution < 1.29 is 19.0 Å². The van der Waals surface area contributed by atoms with Gasteiger partial charge >= 0.3 is 11.6 Å². The van der Waals surface area contributed by atoms with Crippen molar-refractivity contribution in [2.45, 2.75) is 6.42 Å². The third-order valence-corrected chi connectivity index (χ3v) is 7.27. The van der Waals surface area contributed by atoms with Gasteiger partial charge in [-0.1, -0.05) is 17.7 Å². The number of morpholine rings is 1. The van der Waals surface area contributed by atoms with E-state index in [0.717, 1.165) is 11.3 Å². The minimum atomic E-state index is -0.686. The summed E-state index contributed by atoms with van der Waals surface area (Å²) in [5.74, 6) is -0.900. The number of amides is 2. The molecule has 0 bridgehead atoms. The molecule has 11 nitrogen and oxygen atoms in total. The number of rotatable bonds is 5. The van der Waals surface area contributed by atoms with Crippen molar-refractivity contribution >= 4 is 34.7 Å². The number of aromatic hydroxyl groups is 1. The number of nitrogens with one attached hydrogen (secondary N) is 1. The smallest absolute Gasteiger partial charge is 0.324 e. The van der Waals surface area contributed by atoms with E-state index in [-0.39, 0.29) is 28.2 Å². The van der Waals surface area contributed by atoms with E-state index in [0.29, 0.717) is 57.2 Å². The first-order chi connectivity index (χ1) is 18.8. The van der Waals surface area contributed by atoms with Gasteiger partial charge in [0.1, 0.15) is 5.82 Å². The molecule has 2 saturated heterocycles. The van der Waals surface area contributed by atoms with Crippen LogP contribution in [0.1, 0.15) is 11.3 Å². The van der Waals surface area contributed by atoms with Crippen LogP contribution in [0.3, 0.4) is 0 Å². The van der Waals surface area contributed by atoms with Crippen LogP contribution in [0.25, 0.3) is 17.2 Å². The average Bonchev–Trinajstić information content (AvgIpc) is 3.54. The summed E-state index contributed by atoms with van der Waals surface area (Å²) in [6.07, 6.45) is 3.54. The van der Waals surface area contributed by atoms with E-state index < -0.39 is 17.1 Å². The van der Waals surface area contributed by atoms with Gasteiger partial charge in [0, 0.05) is 57.7 Å². The van der Waals surface area contributed by atoms with Crippen molar-refractivity contribution in [3.8, 4) is 17.3 Å². The minimum Gasteiger partial charge on any atom is -0.501 e. The fourth-order valence-corrected chi connectivity index (χ4v) is 5.07. The predicted octanol–water partition coefficient (Wildman–Crippen LogP) is 2.88. The molecule has 2 N–H and O–H groups in total. The highest BCUT2D eigenvalue weighted by Crippen LogP contribution is 2.32. The van der Waals surface area contributed by atoms with E-state index >= 15 is 0 Å². The van der Waals surface area contributed by atoms with Crippen molar-refractivity contribution in [1.29, 1.82) is 0 Å². The molecule has 0 atom stereocenters. The van der Waals surface area contributed by atoms with Crippen LogP contribution >= 0.6 is 11.6 Å². The lowest BCUT2D eigenvalue weighted by Gasteiger charge is -2.30. The number of likely N-dealkylation sites (N-methyl/N-ethyl adjacent to an activating group) is 1. The number of nitrogens with zero attached hydrogens (tertiary/aromatic N) is 6. The number of benzene rings is 1. The van der Waals surface area contributed by atoms with Crippen LogP contribution in [0.15, 0.2) is 41.5 Å². The number of aromatic nitrogens is 4. The van der Waals surface area contributed by atoms with Gasteiger partial charge in [-0.25, -0.2) is 19.2 Å². The summed E-state index contributed by atoms with van der Waals surface area (Å²) >= 11 is 5.90. The van der Waals surface area contributed by atoms with Gasteiger partial charge in [0.25, 0.3) is 0 Å². The molecule has 0 aliphatic carbocycles. The Hall–Kier alpha value is -4.16. The number of ether oxygens (including phenoxy) is 1. The van der Waals surface area contributed by atoms with Gasteiger partial charge in [-0.15, -0.1) is 0 Å². The van der Waals surface area contributed by atoms with Crippen molar-refractivity contribution in [2.24, 2.45) is 0 Å². The summed E-state index contributed by atoms with van der Waals surface area (Å²) in [6, 6.07) is 6.06. The number of aromatic amines is 1. The molecule has 6 rings (SSSR count). The molecule has 5 heterocycles. The molecule has 2 amide bonds. The standard InChI is InChI=1S/C26H25ClFN7O4/c1-32-4-5-34(26(32)38)20-12-17(33-6-8-39-9-7-33)14-35-24(20)31-21(22(36)25(35)37)23-29-13-16(30-23)10-15-2-3-19(28)18(27)11-15/h2-3,11-14,36H,4-10H2,1H3,(H,29,30). The highest BCUT2D eigenvalue weighted by Gasteiger charge is 2.31. The van der Waals surface area contributed by atoms with Gasteiger partial charge in [-0.2, -0.15) is 0 Å². The maximum Gasteiger partial charge on any atom is 0.324 e. The molecule has 13 heteroatoms. The molecule has 0 spiro atoms. The number of pyridine rings is 1. The average molecular weight is 554 g/mol. The molecule has 3 aromatic heterocycles. The Balaban J connectivity index is 1.45. The topological polar surface area (TPSA) is 119 Å². The van der Waals surface area contributed by atoms with Gasteiger partial charge in [0.15, 0.2) is 17.2 Å². The third kappa shape index (κ3) is 4.55. The van der Waals surface area contributed by atoms with Crippen LogP contribution in [-0.4, -0.2) is 81.8 Å². The van der Waals surface area contributed by atoms with E-state index in [1.165, 1.54) is 16.5 Å². The molecule has 2 aliphatic rings. The summed E-state index contributed by atoms with van der Waals surface area (Å²) in [6.45, 7) is 3.28. The first kappa shape index (κ1) is 25.1. The second kappa shape index (κ2) is 9.86. The number of hydrogen-bond donors (Lipinski definition) is 2. The van der Waals surface area contributed by atoms with Gasteiger partial charge in [0.2, 0.25) is 5.75 Å². The number of carbonyl (C=O) groups excluding carboxylic acids is 1. The van der Waals surface area contributed by atoms with Crippen LogP contribution in [0.5, 0.6) is 5.75 Å². The molecular weight excluding hydrogens is 529 g/mol. The zero-order valence-electron chi connectivity index (χ0n) is 21.0. The van der Waals surface area contributed by atoms with Crippen LogP contribution in [0.2, 0.25) is 5.02 Å². The van der Waals surface area contributed by atoms with Crippen LogP contribution in [0, 0.1) is 5.82 Å². The summed E-state index contributed by atoms with van der Waals surface area (Å²) < 4.78 is 20.3. The van der Waals surface area contributed by atoms with Gasteiger partial charge in [0.05, 0.1) is 29.6 Å². The van der Waals surface area contributed by atoms with E-state index in [2.05, 4.69) is 19.9 Å². The molecule has 2 aliphatic heterocycles. The number of urea groups is 1. The summed E-state index contributed by atoms with van der Waals surface area (Å²) in [5.41, 5.74) is 2.07. The highest BCUT2D eigenvalue weighted by atomic mass is 35.5. The number of fused-ring (bicyclic) bond motifs is 1. The largest absolute Gasteiger partial charge is 0.501 e. The Bertz CT molecular complexity index is 1650. The van der Waals surface area contributed by atoms with Gasteiger partial charge in [-0.05, 0) is 23.8 Å². The maximum atomic E-state index is 13.5. The van der Waals surface area contributed by atoms with Gasteiger partial charge in [-0.3, -0.25) is 14.1 Å². The molecular formula is C26H25ClFN7O4. The van der Waals surface area contributed by atoms with Crippen LogP contribution < -0.4 is 15.4 Å². The minimum absolute atomic E-state index is 0.0141. The Morgan fingerprint density at radius 3 is 2.67 bits per heavy atom. The molecule has 202 valence electrons. The molecule has 0 radical (unpaired) electrons. The Kier molecular flexibility index (Phi) is 6.35. The molecule has 2 fully saturated rings. The zero-order valence-corrected chi connectivity index (χ0v) is 21.8. The number of carbonyl (C=O) groups is 1. The summed E-state index contributed by atoms with van der Waals surface area (Å²) in [5, 5.41) is 10.9. The van der Waals surface area contributed by atoms with Crippen molar-refractivity contribution in [3.05, 3.63) is 69.1 Å². The Morgan fingerprint density at radius 1 is 1.15 bits per heavy atom. The molecule has 4 aromatic rings. The van der Waals surface area contributed by atoms with E-state index in [4.69, 9.17) is 16.3 Å². The maximum absolute atomic E-state index is 13.5. The number of H-pyrrole nitrogens is 1. The van der Waals surface area contributed by atoms with E-state index in [1.807, 2.05) is 6.07 Å². The van der Waals surface area contributed by atoms with E-state index in [9.17, 15) is 19.1 Å². The third-order valence-electron chi connectivity index (χ3n) is 6.98. The summed E-state index contributed by atoms with van der Waals surface area (Å²) in [7, 11) is 1.71. The second-order valence-electron chi connectivity index (χ2n) is 9.53. The fraction of sp³-hybridized carbons (Fsp3) is 0.308. The van der Waals surface area contributed by atoms with Crippen molar-refractivity contribution in [1.82, 2.24) is 24.3 Å². The fourth-order valence-electron chi connectivity index (χ4n) is 4.87. The number of anilines is 2. The van der Waals surface area contributed by atoms with Crippen LogP contribution in [0.4, 0.5) is 20.6 Å². The monoisotopic (exact) mass is 553 g/mol. The highest BCUT2D eigenvalue weighted by molar-refractivity contribution is 6.30. The van der Waals surface area contributed by atoms with Gasteiger partial charge < -0.3 is 24.6 Å². The number of hydrogen-bond acceptors (Lipinski definition) is 7. The predicted molar refractivity (Wildman–Crippen MR) is 143 cm³/mol. The molecule has 0 saturated carbocycles. The first-order valence-corrected chi connectivity index (χ1v) is 12.8. The zero-order chi connectivity index (χ0) is 27.3. The quantitative estimate of drug-likeness (QED) is 0.390. The Labute approximate surface area is 227 Å². The molecule has 0 unspecified atom stereocenters. The molecule has 1 aromatic carbocycles. The van der Waals surface area contributed by atoms with Crippen LogP contribution in [-0.2, 0) is 11.2 Å². The lowest BCUT2D eigenvalue weighted by Crippen LogP contribution is -2.37. The van der Waals surface area contributed by atoms with Crippen molar-refractivity contribution in [3.63, 3.8) is 0 Å². The van der Waals surface area contributed by atoms with E-state index in [1.54, 1.807) is 35.3 Å². The lowest BCUT2D eigenvalue weighted by atomic mass is 10.1.